The summed E-state index contributed by atoms with van der Waals surface area (Å²) < 4.78 is 3.30. The molecule has 0 aliphatic heterocycles. The minimum Gasteiger partial charge on any atom is -0.210 e. The van der Waals surface area contributed by atoms with E-state index in [0.29, 0.717) is 5.95 Å². The molecule has 2 aromatic rings. The molecule has 0 radical (unpaired) electrons. The molecule has 6 heteroatoms. The first-order valence-corrected chi connectivity index (χ1v) is 3.68. The number of rotatable bonds is 2. The fourth-order valence-electron chi connectivity index (χ4n) is 0.956. The molecule has 0 spiro atoms. The van der Waals surface area contributed by atoms with Crippen LogP contribution in [0.5, 0.6) is 0 Å². The number of hydrogen-bond donors (Lipinski definition) is 0. The summed E-state index contributed by atoms with van der Waals surface area (Å²) in [6, 6.07) is 1.83. The molecule has 0 unspecified atom stereocenters. The monoisotopic (exact) mass is 164 g/mol. The molecule has 62 valence electrons. The summed E-state index contributed by atoms with van der Waals surface area (Å²) in [6.45, 7) is 2.71. The van der Waals surface area contributed by atoms with Crippen molar-refractivity contribution < 1.29 is 0 Å². The van der Waals surface area contributed by atoms with Crippen molar-refractivity contribution in [2.45, 2.75) is 13.5 Å². The van der Waals surface area contributed by atoms with Crippen LogP contribution in [0.2, 0.25) is 0 Å². The molecule has 0 aliphatic carbocycles. The molecule has 2 aromatic heterocycles. The van der Waals surface area contributed by atoms with Crippen LogP contribution in [0.3, 0.4) is 0 Å². The van der Waals surface area contributed by atoms with E-state index in [0.717, 1.165) is 6.54 Å². The number of aryl methyl sites for hydroxylation is 1. The van der Waals surface area contributed by atoms with Crippen LogP contribution in [0.1, 0.15) is 6.92 Å². The van der Waals surface area contributed by atoms with E-state index in [4.69, 9.17) is 0 Å². The maximum absolute atomic E-state index is 4.02. The molecule has 6 nitrogen and oxygen atoms in total. The van der Waals surface area contributed by atoms with Gasteiger partial charge in [0.05, 0.1) is 0 Å². The molecule has 0 fully saturated rings. The van der Waals surface area contributed by atoms with E-state index in [1.165, 1.54) is 0 Å². The van der Waals surface area contributed by atoms with Gasteiger partial charge in [0.15, 0.2) is 0 Å². The lowest BCUT2D eigenvalue weighted by Crippen LogP contribution is -2.07. The molecular weight excluding hydrogens is 156 g/mol. The predicted molar refractivity (Wildman–Crippen MR) is 40.6 cm³/mol. The SMILES string of the molecule is CCn1nnnc1-n1cccn1. The third kappa shape index (κ3) is 0.969. The Balaban J connectivity index is 2.46. The molecule has 0 aromatic carbocycles. The van der Waals surface area contributed by atoms with E-state index < -0.39 is 0 Å². The van der Waals surface area contributed by atoms with Gasteiger partial charge in [0.2, 0.25) is 0 Å². The Morgan fingerprint density at radius 1 is 1.50 bits per heavy atom. The van der Waals surface area contributed by atoms with Crippen molar-refractivity contribution in [1.82, 2.24) is 30.0 Å². The number of aromatic nitrogens is 6. The van der Waals surface area contributed by atoms with Crippen LogP contribution in [-0.2, 0) is 6.54 Å². The Labute approximate surface area is 68.8 Å². The van der Waals surface area contributed by atoms with Gasteiger partial charge in [-0.3, -0.25) is 0 Å². The average Bonchev–Trinajstić information content (AvgIpc) is 2.74. The molecule has 0 saturated carbocycles. The van der Waals surface area contributed by atoms with Gasteiger partial charge in [-0.15, -0.1) is 0 Å². The second-order valence-corrected chi connectivity index (χ2v) is 2.25. The van der Waals surface area contributed by atoms with Crippen molar-refractivity contribution in [1.29, 1.82) is 0 Å². The first-order chi connectivity index (χ1) is 5.92. The fourth-order valence-corrected chi connectivity index (χ4v) is 0.956. The van der Waals surface area contributed by atoms with Crippen LogP contribution in [0.25, 0.3) is 5.95 Å². The molecule has 12 heavy (non-hydrogen) atoms. The van der Waals surface area contributed by atoms with Gasteiger partial charge >= 0.3 is 0 Å². The van der Waals surface area contributed by atoms with E-state index in [2.05, 4.69) is 20.6 Å². The highest BCUT2D eigenvalue weighted by Crippen LogP contribution is 1.98. The van der Waals surface area contributed by atoms with Gasteiger partial charge in [-0.1, -0.05) is 5.10 Å². The van der Waals surface area contributed by atoms with E-state index in [-0.39, 0.29) is 0 Å². The van der Waals surface area contributed by atoms with Gasteiger partial charge in [0, 0.05) is 18.9 Å². The van der Waals surface area contributed by atoms with Crippen LogP contribution in [0, 0.1) is 0 Å². The maximum Gasteiger partial charge on any atom is 0.270 e. The van der Waals surface area contributed by atoms with Gasteiger partial charge in [-0.05, 0) is 23.4 Å². The molecule has 0 bridgehead atoms. The van der Waals surface area contributed by atoms with Gasteiger partial charge in [-0.25, -0.2) is 9.36 Å². The average molecular weight is 164 g/mol. The molecular formula is C6H8N6. The highest BCUT2D eigenvalue weighted by atomic mass is 15.6. The predicted octanol–water partition coefficient (Wildman–Crippen LogP) is -0.121. The summed E-state index contributed by atoms with van der Waals surface area (Å²) in [5, 5.41) is 15.2. The summed E-state index contributed by atoms with van der Waals surface area (Å²) >= 11 is 0. The molecule has 0 atom stereocenters. The largest absolute Gasteiger partial charge is 0.270 e. The van der Waals surface area contributed by atoms with E-state index in [1.807, 2.05) is 13.0 Å². The first kappa shape index (κ1) is 6.96. The zero-order valence-corrected chi connectivity index (χ0v) is 6.62. The lowest BCUT2D eigenvalue weighted by Gasteiger charge is -1.98. The van der Waals surface area contributed by atoms with Crippen LogP contribution < -0.4 is 0 Å². The Morgan fingerprint density at radius 2 is 2.42 bits per heavy atom. The lowest BCUT2D eigenvalue weighted by molar-refractivity contribution is 0.599. The third-order valence-electron chi connectivity index (χ3n) is 1.52. The molecule has 2 rings (SSSR count). The smallest absolute Gasteiger partial charge is 0.210 e. The minimum absolute atomic E-state index is 0.641. The van der Waals surface area contributed by atoms with Crippen molar-refractivity contribution in [3.63, 3.8) is 0 Å². The van der Waals surface area contributed by atoms with Crippen molar-refractivity contribution >= 4 is 0 Å². The first-order valence-electron chi connectivity index (χ1n) is 3.68. The normalized spacial score (nSPS) is 10.4. The molecule has 0 N–H and O–H groups in total. The maximum atomic E-state index is 4.02. The van der Waals surface area contributed by atoms with Crippen LogP contribution in [0.15, 0.2) is 18.5 Å². The standard InChI is InChI=1S/C6H8N6/c1-2-11-6(8-9-10-11)12-5-3-4-7-12/h3-5H,2H2,1H3. The van der Waals surface area contributed by atoms with Crippen molar-refractivity contribution in [2.24, 2.45) is 0 Å². The van der Waals surface area contributed by atoms with Crippen molar-refractivity contribution in [2.75, 3.05) is 0 Å². The second-order valence-electron chi connectivity index (χ2n) is 2.25. The highest BCUT2D eigenvalue weighted by Gasteiger charge is 2.04. The van der Waals surface area contributed by atoms with E-state index >= 15 is 0 Å². The summed E-state index contributed by atoms with van der Waals surface area (Å²) in [6.07, 6.45) is 3.49. The second kappa shape index (κ2) is 2.72. The topological polar surface area (TPSA) is 61.4 Å². The Kier molecular flexibility index (Phi) is 1.58. The van der Waals surface area contributed by atoms with Crippen LogP contribution in [0.4, 0.5) is 0 Å². The number of nitrogens with zero attached hydrogens (tertiary/aromatic N) is 6. The Bertz CT molecular complexity index is 348. The summed E-state index contributed by atoms with van der Waals surface area (Å²) in [5.41, 5.74) is 0. The van der Waals surface area contributed by atoms with E-state index in [1.54, 1.807) is 21.8 Å². The molecule has 0 saturated heterocycles. The molecule has 0 amide bonds. The van der Waals surface area contributed by atoms with Crippen molar-refractivity contribution in [3.8, 4) is 5.95 Å². The molecule has 2 heterocycles. The van der Waals surface area contributed by atoms with Crippen LogP contribution in [-0.4, -0.2) is 30.0 Å². The van der Waals surface area contributed by atoms with Crippen LogP contribution >= 0.6 is 0 Å². The summed E-state index contributed by atoms with van der Waals surface area (Å²) in [4.78, 5) is 0. The third-order valence-corrected chi connectivity index (χ3v) is 1.52. The van der Waals surface area contributed by atoms with Gasteiger partial charge in [0.25, 0.3) is 5.95 Å². The van der Waals surface area contributed by atoms with Gasteiger partial charge in [-0.2, -0.15) is 5.10 Å². The van der Waals surface area contributed by atoms with Gasteiger partial charge in [0.1, 0.15) is 0 Å². The zero-order chi connectivity index (χ0) is 8.39. The number of tetrazole rings is 1. The Morgan fingerprint density at radius 3 is 3.08 bits per heavy atom. The lowest BCUT2D eigenvalue weighted by atomic mass is 10.7. The number of hydrogen-bond acceptors (Lipinski definition) is 4. The summed E-state index contributed by atoms with van der Waals surface area (Å²) in [5.74, 6) is 0.641. The van der Waals surface area contributed by atoms with Gasteiger partial charge < -0.3 is 0 Å². The highest BCUT2D eigenvalue weighted by molar-refractivity contribution is 5.04. The fraction of sp³-hybridized carbons (Fsp3) is 0.333. The van der Waals surface area contributed by atoms with E-state index in [9.17, 15) is 0 Å². The summed E-state index contributed by atoms with van der Waals surface area (Å²) in [7, 11) is 0. The molecule has 0 aliphatic rings. The van der Waals surface area contributed by atoms with Crippen molar-refractivity contribution in [3.05, 3.63) is 18.5 Å². The minimum atomic E-state index is 0.641. The Hall–Kier alpha value is -1.72. The zero-order valence-electron chi connectivity index (χ0n) is 6.62. The quantitative estimate of drug-likeness (QED) is 0.620.